The quantitative estimate of drug-likeness (QED) is 0.712. The summed E-state index contributed by atoms with van der Waals surface area (Å²) in [4.78, 5) is 16.3. The van der Waals surface area contributed by atoms with Crippen LogP contribution in [-0.2, 0) is 4.79 Å². The van der Waals surface area contributed by atoms with Crippen LogP contribution in [0.25, 0.3) is 0 Å². The van der Waals surface area contributed by atoms with E-state index >= 15 is 0 Å². The lowest BCUT2D eigenvalue weighted by molar-refractivity contribution is -0.148. The van der Waals surface area contributed by atoms with Crippen LogP contribution in [0.1, 0.15) is 19.5 Å². The van der Waals surface area contributed by atoms with Crippen molar-refractivity contribution in [2.45, 2.75) is 20.8 Å². The Morgan fingerprint density at radius 3 is 2.69 bits per heavy atom. The van der Waals surface area contributed by atoms with Crippen LogP contribution in [0.5, 0.6) is 0 Å². The zero-order valence-corrected chi connectivity index (χ0v) is 9.37. The summed E-state index contributed by atoms with van der Waals surface area (Å²) in [7, 11) is 0. The molecule has 0 N–H and O–H groups in total. The monoisotopic (exact) mass is 217 g/mol. The number of nitrogens with zero attached hydrogens (tertiary/aromatic N) is 1. The van der Waals surface area contributed by atoms with Gasteiger partial charge in [0.25, 0.3) is 0 Å². The molecular formula is C8H11NO2S2. The number of carbonyl (C=O) groups excluding carboxylic acids is 1. The van der Waals surface area contributed by atoms with Crippen LogP contribution in [0.2, 0.25) is 0 Å². The Bertz CT molecular complexity index is 364. The topological polar surface area (TPSA) is 31.2 Å². The molecule has 0 saturated carbocycles. The normalized spacial score (nSPS) is 10.5. The molecule has 0 spiro atoms. The summed E-state index contributed by atoms with van der Waals surface area (Å²) in [5.41, 5.74) is 0.851. The van der Waals surface area contributed by atoms with E-state index in [1.54, 1.807) is 13.8 Å². The highest BCUT2D eigenvalue weighted by Gasteiger charge is 2.11. The number of hydrogen-bond acceptors (Lipinski definition) is 4. The van der Waals surface area contributed by atoms with E-state index in [1.165, 1.54) is 16.1 Å². The summed E-state index contributed by atoms with van der Waals surface area (Å²) in [5, 5.41) is 1.86. The standard InChI is InChI=1S/C8H11NO2S2/c1-5(2)7(10)11-9-6(3)4-13-8(9)12/h4-5H,1-3H3. The van der Waals surface area contributed by atoms with Crippen LogP contribution in [-0.4, -0.2) is 10.7 Å². The predicted octanol–water partition coefficient (Wildman–Crippen LogP) is 2.20. The maximum Gasteiger partial charge on any atom is 0.335 e. The Morgan fingerprint density at radius 1 is 1.69 bits per heavy atom. The van der Waals surface area contributed by atoms with E-state index in [4.69, 9.17) is 17.1 Å². The van der Waals surface area contributed by atoms with Crippen LogP contribution < -0.4 is 4.84 Å². The highest BCUT2D eigenvalue weighted by molar-refractivity contribution is 7.73. The van der Waals surface area contributed by atoms with E-state index in [0.29, 0.717) is 3.95 Å². The van der Waals surface area contributed by atoms with Crippen molar-refractivity contribution in [2.24, 2.45) is 5.92 Å². The molecule has 1 aromatic heterocycles. The van der Waals surface area contributed by atoms with Crippen molar-refractivity contribution >= 4 is 29.5 Å². The fraction of sp³-hybridized carbons (Fsp3) is 0.500. The first kappa shape index (κ1) is 10.4. The molecule has 72 valence electrons. The number of thiazole rings is 1. The summed E-state index contributed by atoms with van der Waals surface area (Å²) in [6.45, 7) is 5.42. The lowest BCUT2D eigenvalue weighted by Crippen LogP contribution is -2.24. The van der Waals surface area contributed by atoms with Crippen LogP contribution in [0.15, 0.2) is 5.38 Å². The molecule has 0 saturated heterocycles. The maximum atomic E-state index is 11.2. The number of aromatic nitrogens is 1. The first-order chi connectivity index (χ1) is 6.02. The van der Waals surface area contributed by atoms with Gasteiger partial charge in [0.05, 0.1) is 11.6 Å². The Hall–Kier alpha value is -0.680. The first-order valence-corrected chi connectivity index (χ1v) is 5.20. The molecule has 0 radical (unpaired) electrons. The van der Waals surface area contributed by atoms with Crippen molar-refractivity contribution in [1.82, 2.24) is 4.73 Å². The van der Waals surface area contributed by atoms with Crippen molar-refractivity contribution in [3.05, 3.63) is 15.0 Å². The van der Waals surface area contributed by atoms with Gasteiger partial charge >= 0.3 is 5.97 Å². The molecule has 1 heterocycles. The average Bonchev–Trinajstić information content (AvgIpc) is 2.35. The molecule has 0 fully saturated rings. The highest BCUT2D eigenvalue weighted by atomic mass is 32.1. The minimum absolute atomic E-state index is 0.138. The Labute approximate surface area is 85.9 Å². The molecule has 0 aliphatic rings. The second kappa shape index (κ2) is 4.02. The van der Waals surface area contributed by atoms with Crippen molar-refractivity contribution in [3.8, 4) is 0 Å². The fourth-order valence-corrected chi connectivity index (χ4v) is 1.65. The molecule has 1 rings (SSSR count). The van der Waals surface area contributed by atoms with Crippen LogP contribution in [0.3, 0.4) is 0 Å². The van der Waals surface area contributed by atoms with E-state index < -0.39 is 0 Å². The molecule has 1 aromatic rings. The minimum Gasteiger partial charge on any atom is -0.334 e. The third-order valence-electron chi connectivity index (χ3n) is 1.47. The largest absolute Gasteiger partial charge is 0.335 e. The third-order valence-corrected chi connectivity index (χ3v) is 2.75. The molecule has 0 amide bonds. The lowest BCUT2D eigenvalue weighted by atomic mass is 10.2. The molecule has 13 heavy (non-hydrogen) atoms. The molecule has 5 heteroatoms. The molecule has 0 bridgehead atoms. The summed E-state index contributed by atoms with van der Waals surface area (Å²) in [6.07, 6.45) is 0. The zero-order valence-electron chi connectivity index (χ0n) is 7.73. The summed E-state index contributed by atoms with van der Waals surface area (Å²) >= 11 is 6.37. The van der Waals surface area contributed by atoms with Gasteiger partial charge in [0, 0.05) is 5.38 Å². The number of hydrogen-bond donors (Lipinski definition) is 0. The van der Waals surface area contributed by atoms with Gasteiger partial charge in [0.15, 0.2) is 3.95 Å². The van der Waals surface area contributed by atoms with Gasteiger partial charge in [-0.05, 0) is 19.1 Å². The van der Waals surface area contributed by atoms with Gasteiger partial charge in [-0.2, -0.15) is 4.73 Å². The van der Waals surface area contributed by atoms with E-state index in [9.17, 15) is 4.79 Å². The lowest BCUT2D eigenvalue weighted by Gasteiger charge is -2.07. The van der Waals surface area contributed by atoms with Crippen molar-refractivity contribution in [2.75, 3.05) is 0 Å². The maximum absolute atomic E-state index is 11.2. The Balaban J connectivity index is 2.86. The molecule has 0 aliphatic heterocycles. The van der Waals surface area contributed by atoms with E-state index in [-0.39, 0.29) is 11.9 Å². The molecule has 0 aromatic carbocycles. The van der Waals surface area contributed by atoms with E-state index in [1.807, 2.05) is 12.3 Å². The number of carbonyl (C=O) groups is 1. The SMILES string of the molecule is Cc1csc(=S)n1OC(=O)C(C)C. The molecule has 3 nitrogen and oxygen atoms in total. The van der Waals surface area contributed by atoms with Crippen LogP contribution >= 0.6 is 23.6 Å². The number of aryl methyl sites for hydroxylation is 1. The second-order valence-corrected chi connectivity index (χ2v) is 4.51. The molecule has 0 unspecified atom stereocenters. The van der Waals surface area contributed by atoms with Gasteiger partial charge in [-0.3, -0.25) is 0 Å². The smallest absolute Gasteiger partial charge is 0.334 e. The highest BCUT2D eigenvalue weighted by Crippen LogP contribution is 2.08. The average molecular weight is 217 g/mol. The second-order valence-electron chi connectivity index (χ2n) is 3.00. The molecule has 0 atom stereocenters. The summed E-state index contributed by atoms with van der Waals surface area (Å²) in [6, 6.07) is 0. The van der Waals surface area contributed by atoms with E-state index in [0.717, 1.165) is 5.69 Å². The van der Waals surface area contributed by atoms with Gasteiger partial charge in [-0.1, -0.05) is 13.8 Å². The Kier molecular flexibility index (Phi) is 3.22. The van der Waals surface area contributed by atoms with Crippen molar-refractivity contribution in [3.63, 3.8) is 0 Å². The summed E-state index contributed by atoms with van der Waals surface area (Å²) < 4.78 is 1.95. The third kappa shape index (κ3) is 2.38. The van der Waals surface area contributed by atoms with Crippen molar-refractivity contribution in [1.29, 1.82) is 0 Å². The van der Waals surface area contributed by atoms with Gasteiger partial charge in [0.1, 0.15) is 0 Å². The van der Waals surface area contributed by atoms with Crippen LogP contribution in [0, 0.1) is 16.8 Å². The van der Waals surface area contributed by atoms with E-state index in [2.05, 4.69) is 0 Å². The fourth-order valence-electron chi connectivity index (χ4n) is 0.680. The molecular weight excluding hydrogens is 206 g/mol. The van der Waals surface area contributed by atoms with Gasteiger partial charge in [-0.15, -0.1) is 11.3 Å². The van der Waals surface area contributed by atoms with Gasteiger partial charge in [0.2, 0.25) is 0 Å². The van der Waals surface area contributed by atoms with Gasteiger partial charge < -0.3 is 4.84 Å². The van der Waals surface area contributed by atoms with Crippen LogP contribution in [0.4, 0.5) is 0 Å². The molecule has 0 aliphatic carbocycles. The minimum atomic E-state index is -0.266. The zero-order chi connectivity index (χ0) is 10.0. The summed E-state index contributed by atoms with van der Waals surface area (Å²) in [5.74, 6) is -0.404. The Morgan fingerprint density at radius 2 is 2.31 bits per heavy atom. The predicted molar refractivity (Wildman–Crippen MR) is 54.3 cm³/mol. The first-order valence-electron chi connectivity index (χ1n) is 3.91. The van der Waals surface area contributed by atoms with Gasteiger partial charge in [-0.25, -0.2) is 4.79 Å². The number of rotatable bonds is 2. The van der Waals surface area contributed by atoms with Crippen molar-refractivity contribution < 1.29 is 9.63 Å².